The molecular weight excluding hydrogens is 248 g/mol. The summed E-state index contributed by atoms with van der Waals surface area (Å²) in [5.74, 6) is -1.11. The van der Waals surface area contributed by atoms with E-state index in [1.54, 1.807) is 4.90 Å². The average molecular weight is 272 g/mol. The number of nitrogens with zero attached hydrogens (tertiary/aromatic N) is 1. The molecule has 0 aromatic rings. The Labute approximate surface area is 113 Å². The molecule has 0 radical (unpaired) electrons. The van der Waals surface area contributed by atoms with E-state index in [2.05, 4.69) is 12.2 Å². The lowest BCUT2D eigenvalue weighted by atomic mass is 9.98. The van der Waals surface area contributed by atoms with Gasteiger partial charge in [0, 0.05) is 25.6 Å². The molecule has 0 bridgehead atoms. The van der Waals surface area contributed by atoms with Gasteiger partial charge in [-0.2, -0.15) is 0 Å². The molecule has 1 aliphatic heterocycles. The molecule has 2 atom stereocenters. The maximum Gasteiger partial charge on any atom is 0.326 e. The maximum absolute atomic E-state index is 12.1. The number of rotatable bonds is 6. The van der Waals surface area contributed by atoms with E-state index in [1.165, 1.54) is 0 Å². The lowest BCUT2D eigenvalue weighted by Crippen LogP contribution is -2.53. The van der Waals surface area contributed by atoms with Crippen molar-refractivity contribution in [3.05, 3.63) is 0 Å². The van der Waals surface area contributed by atoms with E-state index < -0.39 is 12.0 Å². The second kappa shape index (κ2) is 7.99. The first-order chi connectivity index (χ1) is 9.10. The van der Waals surface area contributed by atoms with Gasteiger partial charge in [-0.05, 0) is 25.7 Å². The normalized spacial score (nSPS) is 20.9. The van der Waals surface area contributed by atoms with E-state index >= 15 is 0 Å². The Balaban J connectivity index is 2.60. The predicted molar refractivity (Wildman–Crippen MR) is 70.9 cm³/mol. The van der Waals surface area contributed by atoms with Crippen LogP contribution in [0.4, 0.5) is 4.79 Å². The van der Waals surface area contributed by atoms with Crippen LogP contribution in [-0.4, -0.2) is 52.3 Å². The van der Waals surface area contributed by atoms with Gasteiger partial charge >= 0.3 is 12.0 Å². The second-order valence-electron chi connectivity index (χ2n) is 4.98. The molecule has 19 heavy (non-hydrogen) atoms. The number of likely N-dealkylation sites (tertiary alicyclic amines) is 1. The summed E-state index contributed by atoms with van der Waals surface area (Å²) in [6.45, 7) is 2.51. The third kappa shape index (κ3) is 4.70. The molecule has 1 rings (SSSR count). The Morgan fingerprint density at radius 2 is 2.16 bits per heavy atom. The zero-order valence-corrected chi connectivity index (χ0v) is 11.5. The Kier molecular flexibility index (Phi) is 6.62. The minimum absolute atomic E-state index is 0.0351. The van der Waals surface area contributed by atoms with Crippen molar-refractivity contribution in [2.24, 2.45) is 0 Å². The van der Waals surface area contributed by atoms with Crippen molar-refractivity contribution in [1.29, 1.82) is 0 Å². The molecule has 0 aromatic carbocycles. The standard InChI is InChI=1S/C13H24N2O4/c1-2-5-10-6-3-4-8-15(10)13(19)14-11(7-9-16)12(17)18/h10-11,16H,2-9H2,1H3,(H,14,19)(H,17,18)/t10?,11-/m1/s1. The summed E-state index contributed by atoms with van der Waals surface area (Å²) in [5.41, 5.74) is 0. The molecule has 1 heterocycles. The van der Waals surface area contributed by atoms with Gasteiger partial charge in [0.1, 0.15) is 6.04 Å². The molecule has 110 valence electrons. The van der Waals surface area contributed by atoms with Crippen molar-refractivity contribution in [2.75, 3.05) is 13.2 Å². The largest absolute Gasteiger partial charge is 0.480 e. The van der Waals surface area contributed by atoms with Gasteiger partial charge in [0.05, 0.1) is 0 Å². The van der Waals surface area contributed by atoms with E-state index in [9.17, 15) is 9.59 Å². The fourth-order valence-electron chi connectivity index (χ4n) is 2.52. The SMILES string of the molecule is CCCC1CCCCN1C(=O)N[C@H](CCO)C(=O)O. The Morgan fingerprint density at radius 1 is 1.42 bits per heavy atom. The quantitative estimate of drug-likeness (QED) is 0.677. The summed E-state index contributed by atoms with van der Waals surface area (Å²) in [6, 6.07) is -1.12. The fourth-order valence-corrected chi connectivity index (χ4v) is 2.52. The Bertz CT molecular complexity index is 307. The molecular formula is C13H24N2O4. The maximum atomic E-state index is 12.1. The van der Waals surface area contributed by atoms with E-state index in [0.717, 1.165) is 32.1 Å². The van der Waals surface area contributed by atoms with Crippen LogP contribution in [0.25, 0.3) is 0 Å². The first kappa shape index (κ1) is 15.8. The minimum atomic E-state index is -1.11. The number of carboxylic acid groups (broad SMARTS) is 1. The summed E-state index contributed by atoms with van der Waals surface area (Å²) in [7, 11) is 0. The third-order valence-electron chi connectivity index (χ3n) is 3.52. The molecule has 2 amide bonds. The number of aliphatic hydroxyl groups excluding tert-OH is 1. The number of hydrogen-bond acceptors (Lipinski definition) is 3. The molecule has 6 nitrogen and oxygen atoms in total. The first-order valence-electron chi connectivity index (χ1n) is 7.01. The molecule has 0 aromatic heterocycles. The highest BCUT2D eigenvalue weighted by Gasteiger charge is 2.28. The average Bonchev–Trinajstić information content (AvgIpc) is 2.39. The van der Waals surface area contributed by atoms with Crippen LogP contribution >= 0.6 is 0 Å². The third-order valence-corrected chi connectivity index (χ3v) is 3.52. The zero-order chi connectivity index (χ0) is 14.3. The molecule has 1 saturated heterocycles. The van der Waals surface area contributed by atoms with Gasteiger partial charge in [0.15, 0.2) is 0 Å². The van der Waals surface area contributed by atoms with Crippen molar-refractivity contribution in [2.45, 2.75) is 57.5 Å². The molecule has 1 aliphatic rings. The number of carboxylic acids is 1. The molecule has 0 spiro atoms. The van der Waals surface area contributed by atoms with E-state index in [-0.39, 0.29) is 25.1 Å². The highest BCUT2D eigenvalue weighted by Crippen LogP contribution is 2.20. The number of aliphatic carboxylic acids is 1. The van der Waals surface area contributed by atoms with Crippen LogP contribution in [0.1, 0.15) is 45.4 Å². The summed E-state index contributed by atoms with van der Waals surface area (Å²) < 4.78 is 0. The first-order valence-corrected chi connectivity index (χ1v) is 7.01. The molecule has 0 saturated carbocycles. The van der Waals surface area contributed by atoms with Crippen molar-refractivity contribution < 1.29 is 19.8 Å². The number of piperidine rings is 1. The van der Waals surface area contributed by atoms with Crippen LogP contribution in [0.2, 0.25) is 0 Å². The summed E-state index contributed by atoms with van der Waals surface area (Å²) in [5, 5.41) is 20.3. The lowest BCUT2D eigenvalue weighted by molar-refractivity contribution is -0.139. The van der Waals surface area contributed by atoms with Crippen LogP contribution < -0.4 is 5.32 Å². The van der Waals surface area contributed by atoms with Crippen LogP contribution in [0.3, 0.4) is 0 Å². The zero-order valence-electron chi connectivity index (χ0n) is 11.5. The molecule has 3 N–H and O–H groups in total. The van der Waals surface area contributed by atoms with E-state index in [1.807, 2.05) is 0 Å². The van der Waals surface area contributed by atoms with Crippen LogP contribution in [0.15, 0.2) is 0 Å². The highest BCUT2D eigenvalue weighted by atomic mass is 16.4. The smallest absolute Gasteiger partial charge is 0.326 e. The fraction of sp³-hybridized carbons (Fsp3) is 0.846. The van der Waals surface area contributed by atoms with Gasteiger partial charge in [-0.1, -0.05) is 13.3 Å². The van der Waals surface area contributed by atoms with Gasteiger partial charge in [0.2, 0.25) is 0 Å². The van der Waals surface area contributed by atoms with E-state index in [0.29, 0.717) is 6.54 Å². The van der Waals surface area contributed by atoms with Crippen molar-refractivity contribution >= 4 is 12.0 Å². The molecule has 0 aliphatic carbocycles. The van der Waals surface area contributed by atoms with E-state index in [4.69, 9.17) is 10.2 Å². The predicted octanol–water partition coefficient (Wildman–Crippen LogP) is 1.19. The van der Waals surface area contributed by atoms with Gasteiger partial charge in [-0.15, -0.1) is 0 Å². The van der Waals surface area contributed by atoms with Gasteiger partial charge in [-0.3, -0.25) is 0 Å². The van der Waals surface area contributed by atoms with Gasteiger partial charge in [0.25, 0.3) is 0 Å². The summed E-state index contributed by atoms with van der Waals surface area (Å²) in [6.07, 6.45) is 5.06. The van der Waals surface area contributed by atoms with Crippen LogP contribution in [0.5, 0.6) is 0 Å². The Morgan fingerprint density at radius 3 is 2.74 bits per heavy atom. The lowest BCUT2D eigenvalue weighted by Gasteiger charge is -2.36. The highest BCUT2D eigenvalue weighted by molar-refractivity contribution is 5.82. The second-order valence-corrected chi connectivity index (χ2v) is 4.98. The number of hydrogen-bond donors (Lipinski definition) is 3. The number of amides is 2. The van der Waals surface area contributed by atoms with Gasteiger partial charge < -0.3 is 20.4 Å². The number of nitrogens with one attached hydrogen (secondary N) is 1. The Hall–Kier alpha value is -1.30. The molecule has 6 heteroatoms. The number of carbonyl (C=O) groups excluding carboxylic acids is 1. The summed E-state index contributed by atoms with van der Waals surface area (Å²) >= 11 is 0. The van der Waals surface area contributed by atoms with Crippen LogP contribution in [0, 0.1) is 0 Å². The molecule has 1 fully saturated rings. The van der Waals surface area contributed by atoms with Gasteiger partial charge in [-0.25, -0.2) is 9.59 Å². The monoisotopic (exact) mass is 272 g/mol. The number of carbonyl (C=O) groups is 2. The summed E-state index contributed by atoms with van der Waals surface area (Å²) in [4.78, 5) is 24.9. The van der Waals surface area contributed by atoms with Crippen molar-refractivity contribution in [3.63, 3.8) is 0 Å². The number of urea groups is 1. The minimum Gasteiger partial charge on any atom is -0.480 e. The topological polar surface area (TPSA) is 89.9 Å². The van der Waals surface area contributed by atoms with Crippen molar-refractivity contribution in [3.8, 4) is 0 Å². The van der Waals surface area contributed by atoms with Crippen LogP contribution in [-0.2, 0) is 4.79 Å². The van der Waals surface area contributed by atoms with Crippen molar-refractivity contribution in [1.82, 2.24) is 10.2 Å². The molecule has 1 unspecified atom stereocenters. The number of aliphatic hydroxyl groups is 1.